The van der Waals surface area contributed by atoms with Crippen molar-refractivity contribution in [3.8, 4) is 0 Å². The van der Waals surface area contributed by atoms with E-state index in [2.05, 4.69) is 15.0 Å². The number of hydrogen-bond donors (Lipinski definition) is 2. The number of aromatic nitrogens is 1. The van der Waals surface area contributed by atoms with E-state index in [1.165, 1.54) is 42.6 Å². The number of allylic oxidation sites excluding steroid dienone is 2. The first kappa shape index (κ1) is 19.8. The molecule has 150 valence electrons. The van der Waals surface area contributed by atoms with Crippen molar-refractivity contribution in [1.82, 2.24) is 4.98 Å². The predicted molar refractivity (Wildman–Crippen MR) is 113 cm³/mol. The van der Waals surface area contributed by atoms with Crippen molar-refractivity contribution >= 4 is 44.7 Å². The van der Waals surface area contributed by atoms with Gasteiger partial charge in [-0.15, -0.1) is 0 Å². The lowest BCUT2D eigenvalue weighted by atomic mass is 9.92. The number of ketones is 2. The molecule has 0 radical (unpaired) electrons. The SMILES string of the molecule is O=C1C(Cl)=C(Nc2ccccc2S(=O)(=O)Nc2ccccn2)C(=O)c2ccccc21. The highest BCUT2D eigenvalue weighted by Gasteiger charge is 2.32. The molecule has 0 atom stereocenters. The largest absolute Gasteiger partial charge is 0.350 e. The second kappa shape index (κ2) is 7.74. The molecule has 1 heterocycles. The molecule has 0 spiro atoms. The molecule has 1 aliphatic rings. The number of nitrogens with one attached hydrogen (secondary N) is 2. The monoisotopic (exact) mass is 439 g/mol. The number of nitrogens with zero attached hydrogens (tertiary/aromatic N) is 1. The van der Waals surface area contributed by atoms with Crippen molar-refractivity contribution in [2.75, 3.05) is 10.0 Å². The smallest absolute Gasteiger partial charge is 0.265 e. The molecule has 4 rings (SSSR count). The van der Waals surface area contributed by atoms with Crippen LogP contribution in [0.15, 0.2) is 88.6 Å². The van der Waals surface area contributed by atoms with Gasteiger partial charge in [0.05, 0.1) is 5.69 Å². The number of hydrogen-bond acceptors (Lipinski definition) is 6. The number of pyridine rings is 1. The van der Waals surface area contributed by atoms with Crippen molar-refractivity contribution in [3.05, 3.63) is 94.8 Å². The fraction of sp³-hybridized carbons (Fsp3) is 0. The number of anilines is 2. The highest BCUT2D eigenvalue weighted by molar-refractivity contribution is 7.92. The maximum absolute atomic E-state index is 12.9. The number of benzene rings is 2. The number of carbonyl (C=O) groups excluding carboxylic acids is 2. The van der Waals surface area contributed by atoms with Gasteiger partial charge in [-0.05, 0) is 24.3 Å². The van der Waals surface area contributed by atoms with Crippen LogP contribution in [0.5, 0.6) is 0 Å². The lowest BCUT2D eigenvalue weighted by molar-refractivity contribution is 0.0982. The first-order valence-corrected chi connectivity index (χ1v) is 10.6. The van der Waals surface area contributed by atoms with E-state index in [1.54, 1.807) is 30.3 Å². The Kier molecular flexibility index (Phi) is 5.11. The predicted octanol–water partition coefficient (Wildman–Crippen LogP) is 3.82. The number of para-hydroxylation sites is 1. The van der Waals surface area contributed by atoms with E-state index in [9.17, 15) is 18.0 Å². The van der Waals surface area contributed by atoms with Crippen LogP contribution in [0.1, 0.15) is 20.7 Å². The van der Waals surface area contributed by atoms with Gasteiger partial charge in [0.15, 0.2) is 0 Å². The van der Waals surface area contributed by atoms with Crippen LogP contribution in [0.2, 0.25) is 0 Å². The van der Waals surface area contributed by atoms with Gasteiger partial charge in [0, 0.05) is 17.3 Å². The van der Waals surface area contributed by atoms with E-state index >= 15 is 0 Å². The van der Waals surface area contributed by atoms with E-state index in [1.807, 2.05) is 0 Å². The first-order chi connectivity index (χ1) is 14.4. The molecule has 0 unspecified atom stereocenters. The third-order valence-electron chi connectivity index (χ3n) is 4.40. The van der Waals surface area contributed by atoms with Gasteiger partial charge in [0.25, 0.3) is 10.0 Å². The van der Waals surface area contributed by atoms with Gasteiger partial charge in [-0.1, -0.05) is 54.1 Å². The number of halogens is 1. The Balaban J connectivity index is 1.73. The second-order valence-corrected chi connectivity index (χ2v) is 8.36. The number of carbonyl (C=O) groups is 2. The zero-order valence-electron chi connectivity index (χ0n) is 15.3. The summed E-state index contributed by atoms with van der Waals surface area (Å²) in [5, 5.41) is 2.45. The topological polar surface area (TPSA) is 105 Å². The van der Waals surface area contributed by atoms with Gasteiger partial charge in [-0.2, -0.15) is 0 Å². The summed E-state index contributed by atoms with van der Waals surface area (Å²) >= 11 is 6.17. The van der Waals surface area contributed by atoms with Gasteiger partial charge in [0.1, 0.15) is 21.4 Å². The minimum Gasteiger partial charge on any atom is -0.350 e. The summed E-state index contributed by atoms with van der Waals surface area (Å²) in [6, 6.07) is 17.1. The van der Waals surface area contributed by atoms with Crippen LogP contribution < -0.4 is 10.0 Å². The summed E-state index contributed by atoms with van der Waals surface area (Å²) in [6.45, 7) is 0. The summed E-state index contributed by atoms with van der Waals surface area (Å²) in [6.07, 6.45) is 1.45. The quantitative estimate of drug-likeness (QED) is 0.626. The Morgan fingerprint density at radius 1 is 0.800 bits per heavy atom. The molecule has 1 aliphatic carbocycles. The summed E-state index contributed by atoms with van der Waals surface area (Å²) in [7, 11) is -4.04. The highest BCUT2D eigenvalue weighted by atomic mass is 35.5. The van der Waals surface area contributed by atoms with E-state index in [0.29, 0.717) is 0 Å². The molecule has 0 amide bonds. The highest BCUT2D eigenvalue weighted by Crippen LogP contribution is 2.31. The van der Waals surface area contributed by atoms with Crippen LogP contribution in [-0.2, 0) is 10.0 Å². The Morgan fingerprint density at radius 3 is 2.13 bits per heavy atom. The summed E-state index contributed by atoms with van der Waals surface area (Å²) in [5.41, 5.74) is 0.313. The Labute approximate surface area is 177 Å². The van der Waals surface area contributed by atoms with Gasteiger partial charge in [-0.3, -0.25) is 14.3 Å². The molecule has 2 N–H and O–H groups in total. The molecular weight excluding hydrogens is 426 g/mol. The van der Waals surface area contributed by atoms with Crippen LogP contribution in [0.3, 0.4) is 0 Å². The summed E-state index contributed by atoms with van der Waals surface area (Å²) in [5.74, 6) is -0.871. The average Bonchev–Trinajstić information content (AvgIpc) is 2.76. The van der Waals surface area contributed by atoms with Crippen molar-refractivity contribution in [2.24, 2.45) is 0 Å². The Morgan fingerprint density at radius 2 is 1.43 bits per heavy atom. The fourth-order valence-electron chi connectivity index (χ4n) is 3.01. The third-order valence-corrected chi connectivity index (χ3v) is 6.18. The Hall–Kier alpha value is -3.49. The Bertz CT molecular complexity index is 1300. The zero-order chi connectivity index (χ0) is 21.3. The molecule has 7 nitrogen and oxygen atoms in total. The van der Waals surface area contributed by atoms with Gasteiger partial charge in [0.2, 0.25) is 11.6 Å². The standard InChI is InChI=1S/C21H14ClN3O4S/c22-18-19(21(27)14-8-2-1-7-13(14)20(18)26)24-15-9-3-4-10-16(15)30(28,29)25-17-11-5-6-12-23-17/h1-12,24H,(H,23,25). The third kappa shape index (κ3) is 3.58. The van der Waals surface area contributed by atoms with Crippen LogP contribution in [0, 0.1) is 0 Å². The summed E-state index contributed by atoms with van der Waals surface area (Å²) < 4.78 is 28.2. The molecule has 0 saturated carbocycles. The molecule has 9 heteroatoms. The van der Waals surface area contributed by atoms with E-state index < -0.39 is 21.6 Å². The van der Waals surface area contributed by atoms with E-state index in [0.717, 1.165) is 0 Å². The molecule has 0 fully saturated rings. The number of fused-ring (bicyclic) bond motifs is 1. The van der Waals surface area contributed by atoms with Gasteiger partial charge >= 0.3 is 0 Å². The number of rotatable bonds is 5. The maximum atomic E-state index is 12.9. The first-order valence-electron chi connectivity index (χ1n) is 8.76. The van der Waals surface area contributed by atoms with Crippen LogP contribution in [0.25, 0.3) is 0 Å². The normalized spacial score (nSPS) is 13.8. The molecule has 0 saturated heterocycles. The average molecular weight is 440 g/mol. The molecule has 0 aliphatic heterocycles. The maximum Gasteiger partial charge on any atom is 0.265 e. The minimum atomic E-state index is -4.04. The molecule has 2 aromatic carbocycles. The van der Waals surface area contributed by atoms with Crippen molar-refractivity contribution < 1.29 is 18.0 Å². The van der Waals surface area contributed by atoms with E-state index in [4.69, 9.17) is 11.6 Å². The lowest BCUT2D eigenvalue weighted by Crippen LogP contribution is -2.25. The number of sulfonamides is 1. The molecular formula is C21H14ClN3O4S. The second-order valence-electron chi connectivity index (χ2n) is 6.33. The van der Waals surface area contributed by atoms with E-state index in [-0.39, 0.29) is 38.3 Å². The minimum absolute atomic E-state index is 0.0922. The van der Waals surface area contributed by atoms with Gasteiger partial charge in [-0.25, -0.2) is 13.4 Å². The fourth-order valence-corrected chi connectivity index (χ4v) is 4.42. The molecule has 30 heavy (non-hydrogen) atoms. The van der Waals surface area contributed by atoms with Crippen LogP contribution in [-0.4, -0.2) is 25.0 Å². The zero-order valence-corrected chi connectivity index (χ0v) is 16.9. The van der Waals surface area contributed by atoms with Crippen molar-refractivity contribution in [3.63, 3.8) is 0 Å². The van der Waals surface area contributed by atoms with Crippen LogP contribution >= 0.6 is 11.6 Å². The molecule has 1 aromatic heterocycles. The number of Topliss-reactive ketones (excluding diaryl/α,β-unsaturated/α-hetero) is 2. The molecule has 3 aromatic rings. The van der Waals surface area contributed by atoms with Crippen molar-refractivity contribution in [2.45, 2.75) is 4.90 Å². The summed E-state index contributed by atoms with van der Waals surface area (Å²) in [4.78, 5) is 29.3. The van der Waals surface area contributed by atoms with Gasteiger partial charge < -0.3 is 5.32 Å². The lowest BCUT2D eigenvalue weighted by Gasteiger charge is -2.20. The van der Waals surface area contributed by atoms with Crippen LogP contribution in [0.4, 0.5) is 11.5 Å². The van der Waals surface area contributed by atoms with Crippen molar-refractivity contribution in [1.29, 1.82) is 0 Å². The molecule has 0 bridgehead atoms.